The first-order valence-electron chi connectivity index (χ1n) is 10.2. The normalized spacial score (nSPS) is 10.2. The number of unbranched alkanes of at least 4 members (excludes halogenated alkanes) is 3. The van der Waals surface area contributed by atoms with Crippen molar-refractivity contribution in [2.75, 3.05) is 13.2 Å². The minimum Gasteiger partial charge on any atom is -0.494 e. The third-order valence-corrected chi connectivity index (χ3v) is 4.35. The van der Waals surface area contributed by atoms with E-state index in [1.165, 1.54) is 12.8 Å². The maximum atomic E-state index is 12.1. The van der Waals surface area contributed by atoms with Gasteiger partial charge in [-0.15, -0.1) is 0 Å². The highest BCUT2D eigenvalue weighted by Gasteiger charge is 2.09. The van der Waals surface area contributed by atoms with Gasteiger partial charge in [0, 0.05) is 5.56 Å². The molecule has 3 N–H and O–H groups in total. The zero-order chi connectivity index (χ0) is 21.6. The highest BCUT2D eigenvalue weighted by molar-refractivity contribution is 5.96. The van der Waals surface area contributed by atoms with Crippen LogP contribution in [-0.4, -0.2) is 30.9 Å². The predicted molar refractivity (Wildman–Crippen MR) is 115 cm³/mol. The lowest BCUT2D eigenvalue weighted by Crippen LogP contribution is -2.46. The Morgan fingerprint density at radius 2 is 1.57 bits per heavy atom. The standard InChI is InChI=1S/C23H29N3O4/c1-2-3-4-8-15-30-20-13-11-19(12-14-20)23(29)26-25-22(28)17-24-21(27)16-18-9-6-5-7-10-18/h5-7,9-14H,2-4,8,15-17H2,1H3,(H,24,27)(H,25,28)(H,26,29). The zero-order valence-corrected chi connectivity index (χ0v) is 17.3. The van der Waals surface area contributed by atoms with E-state index in [-0.39, 0.29) is 18.9 Å². The topological polar surface area (TPSA) is 96.5 Å². The molecule has 0 saturated heterocycles. The van der Waals surface area contributed by atoms with Crippen molar-refractivity contribution in [2.24, 2.45) is 0 Å². The molecule has 2 rings (SSSR count). The summed E-state index contributed by atoms with van der Waals surface area (Å²) in [5.41, 5.74) is 5.86. The Bertz CT molecular complexity index is 807. The van der Waals surface area contributed by atoms with Gasteiger partial charge in [-0.05, 0) is 36.2 Å². The number of ether oxygens (including phenoxy) is 1. The Morgan fingerprint density at radius 1 is 0.833 bits per heavy atom. The fraction of sp³-hybridized carbons (Fsp3) is 0.348. The van der Waals surface area contributed by atoms with Crippen molar-refractivity contribution >= 4 is 17.7 Å². The Kier molecular flexibility index (Phi) is 9.92. The van der Waals surface area contributed by atoms with Crippen molar-refractivity contribution in [1.82, 2.24) is 16.2 Å². The SMILES string of the molecule is CCCCCCOc1ccc(C(=O)NNC(=O)CNC(=O)Cc2ccccc2)cc1. The maximum absolute atomic E-state index is 12.1. The summed E-state index contributed by atoms with van der Waals surface area (Å²) in [6.07, 6.45) is 4.71. The van der Waals surface area contributed by atoms with Crippen molar-refractivity contribution in [2.45, 2.75) is 39.0 Å². The highest BCUT2D eigenvalue weighted by atomic mass is 16.5. The number of nitrogens with one attached hydrogen (secondary N) is 3. The van der Waals surface area contributed by atoms with Crippen molar-refractivity contribution in [3.63, 3.8) is 0 Å². The van der Waals surface area contributed by atoms with Crippen LogP contribution >= 0.6 is 0 Å². The summed E-state index contributed by atoms with van der Waals surface area (Å²) < 4.78 is 5.64. The molecule has 2 aromatic rings. The van der Waals surface area contributed by atoms with Gasteiger partial charge in [0.25, 0.3) is 11.8 Å². The monoisotopic (exact) mass is 411 g/mol. The Hall–Kier alpha value is -3.35. The molecular formula is C23H29N3O4. The van der Waals surface area contributed by atoms with Gasteiger partial charge in [0.05, 0.1) is 19.6 Å². The molecule has 0 saturated carbocycles. The number of hydrogen-bond donors (Lipinski definition) is 3. The van der Waals surface area contributed by atoms with E-state index in [0.717, 1.165) is 18.4 Å². The molecule has 0 fully saturated rings. The van der Waals surface area contributed by atoms with Crippen molar-refractivity contribution < 1.29 is 19.1 Å². The first kappa shape index (κ1) is 22.9. The van der Waals surface area contributed by atoms with E-state index in [1.54, 1.807) is 24.3 Å². The number of hydrazine groups is 1. The van der Waals surface area contributed by atoms with Crippen LogP contribution in [0.2, 0.25) is 0 Å². The summed E-state index contributed by atoms with van der Waals surface area (Å²) in [5.74, 6) is -0.536. The van der Waals surface area contributed by atoms with Crippen molar-refractivity contribution in [3.05, 3.63) is 65.7 Å². The van der Waals surface area contributed by atoms with E-state index in [9.17, 15) is 14.4 Å². The maximum Gasteiger partial charge on any atom is 0.269 e. The van der Waals surface area contributed by atoms with Crippen LogP contribution in [0.1, 0.15) is 48.5 Å². The largest absolute Gasteiger partial charge is 0.494 e. The molecule has 0 bridgehead atoms. The molecular weight excluding hydrogens is 382 g/mol. The molecule has 0 aromatic heterocycles. The molecule has 0 aliphatic carbocycles. The molecule has 0 spiro atoms. The minimum atomic E-state index is -0.517. The lowest BCUT2D eigenvalue weighted by atomic mass is 10.1. The molecule has 0 unspecified atom stereocenters. The Balaban J connectivity index is 1.65. The third-order valence-electron chi connectivity index (χ3n) is 4.35. The van der Waals surface area contributed by atoms with Gasteiger partial charge in [0.15, 0.2) is 0 Å². The molecule has 0 atom stereocenters. The van der Waals surface area contributed by atoms with Gasteiger partial charge in [0.1, 0.15) is 5.75 Å². The molecule has 0 aliphatic heterocycles. The van der Waals surface area contributed by atoms with Gasteiger partial charge in [-0.2, -0.15) is 0 Å². The first-order valence-corrected chi connectivity index (χ1v) is 10.2. The summed E-state index contributed by atoms with van der Waals surface area (Å²) in [5, 5.41) is 2.52. The summed E-state index contributed by atoms with van der Waals surface area (Å²) in [4.78, 5) is 35.8. The van der Waals surface area contributed by atoms with Gasteiger partial charge >= 0.3 is 0 Å². The number of amides is 3. The van der Waals surface area contributed by atoms with Crippen LogP contribution in [0.25, 0.3) is 0 Å². The van der Waals surface area contributed by atoms with E-state index < -0.39 is 11.8 Å². The number of carbonyl (C=O) groups excluding carboxylic acids is 3. The summed E-state index contributed by atoms with van der Waals surface area (Å²) in [7, 11) is 0. The number of hydrogen-bond acceptors (Lipinski definition) is 4. The van der Waals surface area contributed by atoms with Gasteiger partial charge in [-0.25, -0.2) is 0 Å². The van der Waals surface area contributed by atoms with Gasteiger partial charge in [-0.3, -0.25) is 25.2 Å². The fourth-order valence-corrected chi connectivity index (χ4v) is 2.69. The van der Waals surface area contributed by atoms with Crippen LogP contribution in [-0.2, 0) is 16.0 Å². The van der Waals surface area contributed by atoms with Gasteiger partial charge in [-0.1, -0.05) is 56.5 Å². The van der Waals surface area contributed by atoms with Crippen LogP contribution in [0.3, 0.4) is 0 Å². The smallest absolute Gasteiger partial charge is 0.269 e. The lowest BCUT2D eigenvalue weighted by molar-refractivity contribution is -0.126. The van der Waals surface area contributed by atoms with Gasteiger partial charge < -0.3 is 10.1 Å². The second-order valence-electron chi connectivity index (χ2n) is 6.87. The second kappa shape index (κ2) is 13.0. The van der Waals surface area contributed by atoms with Gasteiger partial charge in [0.2, 0.25) is 5.91 Å². The van der Waals surface area contributed by atoms with Crippen LogP contribution in [0.4, 0.5) is 0 Å². The van der Waals surface area contributed by atoms with E-state index in [1.807, 2.05) is 30.3 Å². The first-order chi connectivity index (χ1) is 14.6. The van der Waals surface area contributed by atoms with Crippen molar-refractivity contribution in [3.8, 4) is 5.75 Å². The Labute approximate surface area is 177 Å². The summed E-state index contributed by atoms with van der Waals surface area (Å²) >= 11 is 0. The fourth-order valence-electron chi connectivity index (χ4n) is 2.69. The number of benzene rings is 2. The average Bonchev–Trinajstić information content (AvgIpc) is 2.77. The predicted octanol–water partition coefficient (Wildman–Crippen LogP) is 2.77. The van der Waals surface area contributed by atoms with Crippen LogP contribution in [0, 0.1) is 0 Å². The molecule has 30 heavy (non-hydrogen) atoms. The third kappa shape index (κ3) is 8.77. The highest BCUT2D eigenvalue weighted by Crippen LogP contribution is 2.13. The molecule has 0 radical (unpaired) electrons. The molecule has 0 aliphatic rings. The quantitative estimate of drug-likeness (QED) is 0.391. The lowest BCUT2D eigenvalue weighted by Gasteiger charge is -2.10. The minimum absolute atomic E-state index is 0.188. The number of rotatable bonds is 11. The van der Waals surface area contributed by atoms with E-state index in [0.29, 0.717) is 17.9 Å². The molecule has 7 nitrogen and oxygen atoms in total. The van der Waals surface area contributed by atoms with E-state index in [4.69, 9.17) is 4.74 Å². The molecule has 7 heteroatoms. The zero-order valence-electron chi connectivity index (χ0n) is 17.3. The summed E-state index contributed by atoms with van der Waals surface area (Å²) in [6.45, 7) is 2.59. The number of carbonyl (C=O) groups is 3. The average molecular weight is 412 g/mol. The van der Waals surface area contributed by atoms with Crippen LogP contribution < -0.4 is 20.9 Å². The molecule has 3 amide bonds. The van der Waals surface area contributed by atoms with E-state index in [2.05, 4.69) is 23.1 Å². The molecule has 2 aromatic carbocycles. The molecule has 0 heterocycles. The van der Waals surface area contributed by atoms with Crippen LogP contribution in [0.5, 0.6) is 5.75 Å². The van der Waals surface area contributed by atoms with E-state index >= 15 is 0 Å². The second-order valence-corrected chi connectivity index (χ2v) is 6.87. The van der Waals surface area contributed by atoms with Crippen LogP contribution in [0.15, 0.2) is 54.6 Å². The molecule has 160 valence electrons. The van der Waals surface area contributed by atoms with Crippen molar-refractivity contribution in [1.29, 1.82) is 0 Å². The Morgan fingerprint density at radius 3 is 2.27 bits per heavy atom. The summed E-state index contributed by atoms with van der Waals surface area (Å²) in [6, 6.07) is 15.9.